The van der Waals surface area contributed by atoms with Crippen molar-refractivity contribution in [3.63, 3.8) is 0 Å². The molecule has 0 radical (unpaired) electrons. The Morgan fingerprint density at radius 3 is 2.38 bits per heavy atom. The molecule has 11 heteroatoms. The summed E-state index contributed by atoms with van der Waals surface area (Å²) in [6.45, 7) is 0. The Morgan fingerprint density at radius 2 is 1.83 bits per heavy atom. The van der Waals surface area contributed by atoms with Gasteiger partial charge in [-0.15, -0.1) is 0 Å². The molecule has 0 bridgehead atoms. The molecular formula is C13H10F2N4O4S. The van der Waals surface area contributed by atoms with Crippen LogP contribution >= 0.6 is 0 Å². The maximum Gasteiger partial charge on any atom is 0.295 e. The summed E-state index contributed by atoms with van der Waals surface area (Å²) in [5.74, 6) is -1.72. The second-order valence-electron chi connectivity index (χ2n) is 4.49. The van der Waals surface area contributed by atoms with Gasteiger partial charge in [-0.05, 0) is 24.3 Å². The second kappa shape index (κ2) is 6.68. The van der Waals surface area contributed by atoms with Crippen LogP contribution in [-0.2, 0) is 10.0 Å². The van der Waals surface area contributed by atoms with Crippen LogP contribution in [0.25, 0.3) is 0 Å². The molecule has 2 rings (SSSR count). The predicted octanol–water partition coefficient (Wildman–Crippen LogP) is 1.97. The fourth-order valence-electron chi connectivity index (χ4n) is 1.73. The molecule has 126 valence electrons. The van der Waals surface area contributed by atoms with E-state index in [1.165, 1.54) is 6.07 Å². The minimum absolute atomic E-state index is 0.180. The normalized spacial score (nSPS) is 11.6. The van der Waals surface area contributed by atoms with Crippen molar-refractivity contribution in [3.05, 3.63) is 63.7 Å². The highest BCUT2D eigenvalue weighted by Gasteiger charge is 2.18. The van der Waals surface area contributed by atoms with Gasteiger partial charge in [0.1, 0.15) is 17.3 Å². The molecule has 0 aliphatic heterocycles. The molecule has 0 saturated carbocycles. The summed E-state index contributed by atoms with van der Waals surface area (Å²) >= 11 is 0. The van der Waals surface area contributed by atoms with Crippen LogP contribution in [0, 0.1) is 21.7 Å². The molecule has 0 aliphatic rings. The highest BCUT2D eigenvalue weighted by Crippen LogP contribution is 2.27. The van der Waals surface area contributed by atoms with Gasteiger partial charge in [-0.3, -0.25) is 15.5 Å². The van der Waals surface area contributed by atoms with Gasteiger partial charge in [0, 0.05) is 6.07 Å². The third kappa shape index (κ3) is 3.88. The average Bonchev–Trinajstić information content (AvgIpc) is 2.49. The minimum atomic E-state index is -4.12. The van der Waals surface area contributed by atoms with E-state index in [1.54, 1.807) is 0 Å². The minimum Gasteiger partial charge on any atom is -0.272 e. The molecule has 0 aliphatic carbocycles. The molecule has 3 N–H and O–H groups in total. The molecule has 0 amide bonds. The summed E-state index contributed by atoms with van der Waals surface area (Å²) in [4.78, 5) is 9.69. The molecule has 0 fully saturated rings. The van der Waals surface area contributed by atoms with Gasteiger partial charge < -0.3 is 0 Å². The van der Waals surface area contributed by atoms with E-state index >= 15 is 0 Å². The number of benzene rings is 2. The third-order valence-corrected chi connectivity index (χ3v) is 3.78. The fourth-order valence-corrected chi connectivity index (χ4v) is 2.27. The topological polar surface area (TPSA) is 128 Å². The molecule has 0 spiro atoms. The standard InChI is InChI=1S/C13H10F2N4O4S/c14-10-2-1-3-11(15)9(10)7-17-18-12-5-4-8(24(16,22)23)6-13(12)19(20)21/h1-7,18H,(H2,16,22,23). The van der Waals surface area contributed by atoms with Gasteiger partial charge in [0.15, 0.2) is 0 Å². The van der Waals surface area contributed by atoms with Crippen LogP contribution in [0.4, 0.5) is 20.2 Å². The van der Waals surface area contributed by atoms with Crippen LogP contribution in [-0.4, -0.2) is 19.6 Å². The quantitative estimate of drug-likeness (QED) is 0.481. The first-order valence-electron chi connectivity index (χ1n) is 6.24. The number of rotatable bonds is 5. The number of hydrogen-bond donors (Lipinski definition) is 2. The van der Waals surface area contributed by atoms with Crippen molar-refractivity contribution < 1.29 is 22.1 Å². The van der Waals surface area contributed by atoms with E-state index in [2.05, 4.69) is 10.5 Å². The van der Waals surface area contributed by atoms with Gasteiger partial charge in [-0.2, -0.15) is 5.10 Å². The van der Waals surface area contributed by atoms with Gasteiger partial charge in [-0.1, -0.05) is 6.07 Å². The summed E-state index contributed by atoms with van der Waals surface area (Å²) in [7, 11) is -4.12. The maximum absolute atomic E-state index is 13.4. The number of nitrogens with two attached hydrogens (primary N) is 1. The van der Waals surface area contributed by atoms with Crippen molar-refractivity contribution >= 4 is 27.6 Å². The maximum atomic E-state index is 13.4. The smallest absolute Gasteiger partial charge is 0.272 e. The molecule has 0 heterocycles. The van der Waals surface area contributed by atoms with Crippen LogP contribution in [0.15, 0.2) is 46.4 Å². The number of nitro groups is 1. The van der Waals surface area contributed by atoms with E-state index in [1.807, 2.05) is 0 Å². The Labute approximate surface area is 134 Å². The summed E-state index contributed by atoms with van der Waals surface area (Å²) in [5.41, 5.74) is 1.00. The van der Waals surface area contributed by atoms with Crippen molar-refractivity contribution in [1.82, 2.24) is 0 Å². The van der Waals surface area contributed by atoms with Crippen molar-refractivity contribution in [2.75, 3.05) is 5.43 Å². The number of nitro benzene ring substituents is 1. The van der Waals surface area contributed by atoms with Gasteiger partial charge >= 0.3 is 0 Å². The highest BCUT2D eigenvalue weighted by atomic mass is 32.2. The van der Waals surface area contributed by atoms with Crippen LogP contribution in [0.2, 0.25) is 0 Å². The molecule has 0 atom stereocenters. The lowest BCUT2D eigenvalue weighted by Crippen LogP contribution is -2.12. The number of nitrogens with zero attached hydrogens (tertiary/aromatic N) is 2. The number of hydrazone groups is 1. The van der Waals surface area contributed by atoms with Gasteiger partial charge in [0.05, 0.1) is 21.6 Å². The van der Waals surface area contributed by atoms with Crippen LogP contribution in [0.1, 0.15) is 5.56 Å². The number of nitrogens with one attached hydrogen (secondary N) is 1. The number of halogens is 2. The number of hydrogen-bond acceptors (Lipinski definition) is 6. The molecule has 24 heavy (non-hydrogen) atoms. The number of primary sulfonamides is 1. The molecular weight excluding hydrogens is 346 g/mol. The molecule has 0 unspecified atom stereocenters. The zero-order valence-corrected chi connectivity index (χ0v) is 12.6. The summed E-state index contributed by atoms with van der Waals surface area (Å²) in [6.07, 6.45) is 0.808. The van der Waals surface area contributed by atoms with Crippen LogP contribution in [0.5, 0.6) is 0 Å². The van der Waals surface area contributed by atoms with E-state index < -0.39 is 42.7 Å². The summed E-state index contributed by atoms with van der Waals surface area (Å²) in [5, 5.41) is 19.4. The summed E-state index contributed by atoms with van der Waals surface area (Å²) in [6, 6.07) is 6.06. The lowest BCUT2D eigenvalue weighted by molar-refractivity contribution is -0.384. The van der Waals surface area contributed by atoms with Crippen molar-refractivity contribution in [3.8, 4) is 0 Å². The lowest BCUT2D eigenvalue weighted by atomic mass is 10.2. The zero-order valence-electron chi connectivity index (χ0n) is 11.8. The molecule has 0 aromatic heterocycles. The van der Waals surface area contributed by atoms with Gasteiger partial charge in [0.25, 0.3) is 5.69 Å². The fraction of sp³-hybridized carbons (Fsp3) is 0. The number of anilines is 1. The highest BCUT2D eigenvalue weighted by molar-refractivity contribution is 7.89. The number of sulfonamides is 1. The Balaban J connectivity index is 2.33. The average molecular weight is 356 g/mol. The first-order chi connectivity index (χ1) is 11.2. The van der Waals surface area contributed by atoms with Crippen LogP contribution in [0.3, 0.4) is 0 Å². The SMILES string of the molecule is NS(=O)(=O)c1ccc(NN=Cc2c(F)cccc2F)c([N+](=O)[O-])c1. The molecule has 2 aromatic rings. The van der Waals surface area contributed by atoms with Gasteiger partial charge in [-0.25, -0.2) is 22.3 Å². The van der Waals surface area contributed by atoms with Crippen molar-refractivity contribution in [2.45, 2.75) is 4.90 Å². The lowest BCUT2D eigenvalue weighted by Gasteiger charge is -2.04. The van der Waals surface area contributed by atoms with E-state index in [4.69, 9.17) is 5.14 Å². The largest absolute Gasteiger partial charge is 0.295 e. The Hall–Kier alpha value is -2.92. The van der Waals surface area contributed by atoms with E-state index in [0.717, 1.165) is 36.5 Å². The first kappa shape index (κ1) is 17.4. The van der Waals surface area contributed by atoms with Crippen LogP contribution < -0.4 is 10.6 Å². The van der Waals surface area contributed by atoms with Gasteiger partial charge in [0.2, 0.25) is 10.0 Å². The van der Waals surface area contributed by atoms with E-state index in [0.29, 0.717) is 0 Å². The Bertz CT molecular complexity index is 911. The molecule has 2 aromatic carbocycles. The van der Waals surface area contributed by atoms with Crippen molar-refractivity contribution in [1.29, 1.82) is 0 Å². The Kier molecular flexibility index (Phi) is 4.85. The first-order valence-corrected chi connectivity index (χ1v) is 7.79. The molecule has 8 nitrogen and oxygen atoms in total. The predicted molar refractivity (Wildman–Crippen MR) is 82.0 cm³/mol. The third-order valence-electron chi connectivity index (χ3n) is 2.87. The second-order valence-corrected chi connectivity index (χ2v) is 6.05. The Morgan fingerprint density at radius 1 is 1.21 bits per heavy atom. The summed E-state index contributed by atoms with van der Waals surface area (Å²) < 4.78 is 49.3. The zero-order chi connectivity index (χ0) is 17.9. The van der Waals surface area contributed by atoms with E-state index in [-0.39, 0.29) is 5.69 Å². The van der Waals surface area contributed by atoms with E-state index in [9.17, 15) is 27.3 Å². The van der Waals surface area contributed by atoms with Crippen molar-refractivity contribution in [2.24, 2.45) is 10.2 Å². The molecule has 0 saturated heterocycles. The monoisotopic (exact) mass is 356 g/mol.